The Morgan fingerprint density at radius 3 is 2.42 bits per heavy atom. The van der Waals surface area contributed by atoms with Gasteiger partial charge in [0, 0.05) is 44.7 Å². The number of rotatable bonds is 3. The third kappa shape index (κ3) is 3.39. The maximum atomic E-state index is 5.99. The third-order valence-electron chi connectivity index (χ3n) is 3.79. The monoisotopic (exact) mass is 262 g/mol. The molecule has 2 heterocycles. The van der Waals surface area contributed by atoms with Crippen molar-refractivity contribution < 1.29 is 9.47 Å². The summed E-state index contributed by atoms with van der Waals surface area (Å²) < 4.78 is 11.3. The minimum atomic E-state index is 0.318. The van der Waals surface area contributed by atoms with E-state index in [1.54, 1.807) is 0 Å². The highest BCUT2D eigenvalue weighted by Crippen LogP contribution is 2.22. The molecule has 0 bridgehead atoms. The molecule has 4 nitrogen and oxygen atoms in total. The first-order valence-corrected chi connectivity index (χ1v) is 7.22. The van der Waals surface area contributed by atoms with Crippen molar-refractivity contribution in [1.29, 1.82) is 0 Å². The predicted octanol–water partition coefficient (Wildman–Crippen LogP) is 1.65. The summed E-state index contributed by atoms with van der Waals surface area (Å²) in [6, 6.07) is 8.51. The van der Waals surface area contributed by atoms with Gasteiger partial charge in [0.05, 0.1) is 13.2 Å². The van der Waals surface area contributed by atoms with Crippen molar-refractivity contribution in [3.63, 3.8) is 0 Å². The van der Waals surface area contributed by atoms with Gasteiger partial charge in [-0.1, -0.05) is 0 Å². The van der Waals surface area contributed by atoms with Gasteiger partial charge in [0.1, 0.15) is 11.9 Å². The highest BCUT2D eigenvalue weighted by atomic mass is 16.5. The topological polar surface area (TPSA) is 33.7 Å². The molecule has 1 N–H and O–H groups in total. The lowest BCUT2D eigenvalue weighted by Crippen LogP contribution is -2.43. The molecule has 0 atom stereocenters. The maximum Gasteiger partial charge on any atom is 0.119 e. The summed E-state index contributed by atoms with van der Waals surface area (Å²) in [6.45, 7) is 5.95. The number of hydrogen-bond donors (Lipinski definition) is 1. The zero-order valence-corrected chi connectivity index (χ0v) is 11.3. The number of hydrogen-bond acceptors (Lipinski definition) is 4. The molecule has 2 fully saturated rings. The van der Waals surface area contributed by atoms with Gasteiger partial charge in [-0.05, 0) is 24.3 Å². The number of piperazine rings is 1. The van der Waals surface area contributed by atoms with E-state index in [0.717, 1.165) is 58.0 Å². The molecule has 19 heavy (non-hydrogen) atoms. The van der Waals surface area contributed by atoms with Crippen LogP contribution in [0.4, 0.5) is 5.69 Å². The van der Waals surface area contributed by atoms with E-state index in [0.29, 0.717) is 6.10 Å². The predicted molar refractivity (Wildman–Crippen MR) is 76.0 cm³/mol. The normalized spacial score (nSPS) is 21.4. The minimum absolute atomic E-state index is 0.318. The van der Waals surface area contributed by atoms with Gasteiger partial charge in [0.15, 0.2) is 0 Å². The minimum Gasteiger partial charge on any atom is -0.490 e. The molecule has 2 saturated heterocycles. The molecule has 104 valence electrons. The number of nitrogens with one attached hydrogen (secondary N) is 1. The summed E-state index contributed by atoms with van der Waals surface area (Å²) in [7, 11) is 0. The average Bonchev–Trinajstić information content (AvgIpc) is 2.50. The Kier molecular flexibility index (Phi) is 4.20. The lowest BCUT2D eigenvalue weighted by atomic mass is 10.1. The second kappa shape index (κ2) is 6.26. The van der Waals surface area contributed by atoms with Crippen molar-refractivity contribution in [3.8, 4) is 5.75 Å². The largest absolute Gasteiger partial charge is 0.490 e. The summed E-state index contributed by atoms with van der Waals surface area (Å²) in [5.74, 6) is 0.978. The zero-order chi connectivity index (χ0) is 12.9. The second-order valence-corrected chi connectivity index (χ2v) is 5.16. The maximum absolute atomic E-state index is 5.99. The quantitative estimate of drug-likeness (QED) is 0.898. The molecular weight excluding hydrogens is 240 g/mol. The Hall–Kier alpha value is -1.26. The van der Waals surface area contributed by atoms with Gasteiger partial charge in [-0.15, -0.1) is 0 Å². The van der Waals surface area contributed by atoms with Gasteiger partial charge in [-0.2, -0.15) is 0 Å². The van der Waals surface area contributed by atoms with Gasteiger partial charge >= 0.3 is 0 Å². The van der Waals surface area contributed by atoms with E-state index in [4.69, 9.17) is 9.47 Å². The first kappa shape index (κ1) is 12.8. The number of benzene rings is 1. The lowest BCUT2D eigenvalue weighted by Gasteiger charge is -2.29. The van der Waals surface area contributed by atoms with E-state index in [1.165, 1.54) is 5.69 Å². The van der Waals surface area contributed by atoms with Crippen LogP contribution in [0.3, 0.4) is 0 Å². The Morgan fingerprint density at radius 1 is 1.05 bits per heavy atom. The van der Waals surface area contributed by atoms with Gasteiger partial charge < -0.3 is 19.7 Å². The van der Waals surface area contributed by atoms with Crippen molar-refractivity contribution in [2.45, 2.75) is 18.9 Å². The van der Waals surface area contributed by atoms with Crippen molar-refractivity contribution >= 4 is 5.69 Å². The Morgan fingerprint density at radius 2 is 1.74 bits per heavy atom. The van der Waals surface area contributed by atoms with Crippen LogP contribution >= 0.6 is 0 Å². The van der Waals surface area contributed by atoms with Crippen LogP contribution in [0, 0.1) is 0 Å². The Bertz CT molecular complexity index is 382. The molecule has 2 aliphatic heterocycles. The second-order valence-electron chi connectivity index (χ2n) is 5.16. The number of ether oxygens (including phenoxy) is 2. The van der Waals surface area contributed by atoms with Crippen molar-refractivity contribution in [3.05, 3.63) is 24.3 Å². The smallest absolute Gasteiger partial charge is 0.119 e. The molecule has 0 radical (unpaired) electrons. The van der Waals surface area contributed by atoms with Crippen LogP contribution in [0.1, 0.15) is 12.8 Å². The molecule has 2 aliphatic rings. The number of nitrogens with zero attached hydrogens (tertiary/aromatic N) is 1. The van der Waals surface area contributed by atoms with E-state index in [2.05, 4.69) is 34.5 Å². The molecule has 1 aromatic carbocycles. The highest BCUT2D eigenvalue weighted by Gasteiger charge is 2.15. The van der Waals surface area contributed by atoms with Crippen LogP contribution in [-0.4, -0.2) is 45.5 Å². The third-order valence-corrected chi connectivity index (χ3v) is 3.79. The van der Waals surface area contributed by atoms with E-state index >= 15 is 0 Å². The lowest BCUT2D eigenvalue weighted by molar-refractivity contribution is 0.0256. The van der Waals surface area contributed by atoms with Crippen molar-refractivity contribution in [1.82, 2.24) is 5.32 Å². The van der Waals surface area contributed by atoms with Crippen LogP contribution in [-0.2, 0) is 4.74 Å². The Balaban J connectivity index is 1.58. The SMILES string of the molecule is c1cc(N2CCNCC2)ccc1OC1CCOCC1. The molecule has 0 aromatic heterocycles. The molecule has 0 saturated carbocycles. The first-order chi connectivity index (χ1) is 9.42. The van der Waals surface area contributed by atoms with Crippen molar-refractivity contribution in [2.24, 2.45) is 0 Å². The highest BCUT2D eigenvalue weighted by molar-refractivity contribution is 5.49. The van der Waals surface area contributed by atoms with E-state index in [-0.39, 0.29) is 0 Å². The zero-order valence-electron chi connectivity index (χ0n) is 11.3. The first-order valence-electron chi connectivity index (χ1n) is 7.22. The molecule has 0 amide bonds. The summed E-state index contributed by atoms with van der Waals surface area (Å²) in [6.07, 6.45) is 2.32. The van der Waals surface area contributed by atoms with Gasteiger partial charge in [0.25, 0.3) is 0 Å². The van der Waals surface area contributed by atoms with E-state index < -0.39 is 0 Å². The summed E-state index contributed by atoms with van der Waals surface area (Å²) >= 11 is 0. The Labute approximate surface area is 114 Å². The molecule has 0 unspecified atom stereocenters. The van der Waals surface area contributed by atoms with Crippen LogP contribution < -0.4 is 15.0 Å². The van der Waals surface area contributed by atoms with E-state index in [9.17, 15) is 0 Å². The number of anilines is 1. The average molecular weight is 262 g/mol. The standard InChI is InChI=1S/C15H22N2O2/c1-3-14(19-15-5-11-18-12-6-15)4-2-13(1)17-9-7-16-8-10-17/h1-4,15-16H,5-12H2. The van der Waals surface area contributed by atoms with Gasteiger partial charge in [0.2, 0.25) is 0 Å². The molecule has 0 aliphatic carbocycles. The molecular formula is C15H22N2O2. The molecule has 3 rings (SSSR count). The van der Waals surface area contributed by atoms with Crippen LogP contribution in [0.5, 0.6) is 5.75 Å². The fourth-order valence-electron chi connectivity index (χ4n) is 2.64. The summed E-state index contributed by atoms with van der Waals surface area (Å²) in [5.41, 5.74) is 1.29. The molecule has 0 spiro atoms. The fourth-order valence-corrected chi connectivity index (χ4v) is 2.64. The van der Waals surface area contributed by atoms with Crippen molar-refractivity contribution in [2.75, 3.05) is 44.3 Å². The summed E-state index contributed by atoms with van der Waals surface area (Å²) in [4.78, 5) is 2.41. The molecule has 4 heteroatoms. The molecule has 1 aromatic rings. The van der Waals surface area contributed by atoms with Gasteiger partial charge in [-0.3, -0.25) is 0 Å². The van der Waals surface area contributed by atoms with Crippen LogP contribution in [0.2, 0.25) is 0 Å². The van der Waals surface area contributed by atoms with Crippen LogP contribution in [0.25, 0.3) is 0 Å². The van der Waals surface area contributed by atoms with E-state index in [1.807, 2.05) is 0 Å². The fraction of sp³-hybridized carbons (Fsp3) is 0.600. The summed E-state index contributed by atoms with van der Waals surface area (Å²) in [5, 5.41) is 3.37. The van der Waals surface area contributed by atoms with Crippen LogP contribution in [0.15, 0.2) is 24.3 Å². The van der Waals surface area contributed by atoms with Gasteiger partial charge in [-0.25, -0.2) is 0 Å².